The number of ether oxygens (including phenoxy) is 1. The molecule has 0 aliphatic carbocycles. The summed E-state index contributed by atoms with van der Waals surface area (Å²) in [5.41, 5.74) is 0.756. The highest BCUT2D eigenvalue weighted by Crippen LogP contribution is 2.31. The van der Waals surface area contributed by atoms with Crippen LogP contribution in [0.4, 0.5) is 13.6 Å². The van der Waals surface area contributed by atoms with E-state index in [9.17, 15) is 18.4 Å². The van der Waals surface area contributed by atoms with E-state index in [1.165, 1.54) is 11.1 Å². The minimum Gasteiger partial charge on any atom is -0.409 e. The van der Waals surface area contributed by atoms with Gasteiger partial charge in [-0.05, 0) is 25.5 Å². The lowest BCUT2D eigenvalue weighted by Gasteiger charge is -2.40. The Morgan fingerprint density at radius 1 is 1.42 bits per heavy atom. The highest BCUT2D eigenvalue weighted by Gasteiger charge is 2.46. The summed E-state index contributed by atoms with van der Waals surface area (Å²) in [5, 5.41) is 0. The third-order valence-corrected chi connectivity index (χ3v) is 4.29. The molecule has 1 unspecified atom stereocenters. The minimum absolute atomic E-state index is 0.0550. The van der Waals surface area contributed by atoms with Crippen LogP contribution in [0.3, 0.4) is 0 Å². The van der Waals surface area contributed by atoms with E-state index in [0.29, 0.717) is 19.4 Å². The molecule has 0 aromatic carbocycles. The molecule has 24 heavy (non-hydrogen) atoms. The summed E-state index contributed by atoms with van der Waals surface area (Å²) in [7, 11) is 0. The van der Waals surface area contributed by atoms with E-state index in [2.05, 4.69) is 4.98 Å². The Morgan fingerprint density at radius 3 is 2.83 bits per heavy atom. The Bertz CT molecular complexity index is 636. The highest BCUT2D eigenvalue weighted by molar-refractivity contribution is 5.78. The third-order valence-electron chi connectivity index (χ3n) is 4.29. The number of aryl methyl sites for hydroxylation is 1. The van der Waals surface area contributed by atoms with Gasteiger partial charge >= 0.3 is 6.09 Å². The van der Waals surface area contributed by atoms with Gasteiger partial charge in [0.2, 0.25) is 5.91 Å². The first kappa shape index (κ1) is 16.6. The van der Waals surface area contributed by atoms with Crippen LogP contribution < -0.4 is 4.74 Å². The Balaban J connectivity index is 1.70. The van der Waals surface area contributed by atoms with E-state index in [0.717, 1.165) is 10.6 Å². The molecular formula is C16H19F2N3O3. The van der Waals surface area contributed by atoms with E-state index in [4.69, 9.17) is 4.74 Å². The molecule has 0 saturated carbocycles. The lowest BCUT2D eigenvalue weighted by Crippen LogP contribution is -2.57. The summed E-state index contributed by atoms with van der Waals surface area (Å²) < 4.78 is 33.2. The van der Waals surface area contributed by atoms with Gasteiger partial charge in [0.05, 0.1) is 18.8 Å². The van der Waals surface area contributed by atoms with Crippen LogP contribution >= 0.6 is 0 Å². The van der Waals surface area contributed by atoms with Crippen LogP contribution in [0.25, 0.3) is 0 Å². The van der Waals surface area contributed by atoms with Crippen LogP contribution in [0.2, 0.25) is 0 Å². The van der Waals surface area contributed by atoms with Crippen molar-refractivity contribution in [3.05, 3.63) is 24.0 Å². The molecule has 0 N–H and O–H groups in total. The second-order valence-electron chi connectivity index (χ2n) is 6.29. The summed E-state index contributed by atoms with van der Waals surface area (Å²) in [6.07, 6.45) is 1.14. The van der Waals surface area contributed by atoms with Crippen LogP contribution in [0.5, 0.6) is 5.75 Å². The van der Waals surface area contributed by atoms with E-state index >= 15 is 0 Å². The maximum Gasteiger partial charge on any atom is 0.415 e. The largest absolute Gasteiger partial charge is 0.415 e. The molecule has 1 aromatic rings. The van der Waals surface area contributed by atoms with Gasteiger partial charge in [0, 0.05) is 31.6 Å². The Hall–Kier alpha value is -2.25. The number of carbonyl (C=O) groups excluding carboxylic acids is 2. The molecule has 2 amide bonds. The van der Waals surface area contributed by atoms with Crippen molar-refractivity contribution < 1.29 is 23.1 Å². The topological polar surface area (TPSA) is 62.7 Å². The number of hydrogen-bond acceptors (Lipinski definition) is 4. The molecule has 2 fully saturated rings. The number of nitrogens with zero attached hydrogens (tertiary/aromatic N) is 3. The summed E-state index contributed by atoms with van der Waals surface area (Å²) in [4.78, 5) is 30.5. The smallest absolute Gasteiger partial charge is 0.409 e. The minimum atomic E-state index is -3.05. The van der Waals surface area contributed by atoms with Crippen LogP contribution in [-0.4, -0.2) is 58.4 Å². The van der Waals surface area contributed by atoms with Gasteiger partial charge in [0.1, 0.15) is 0 Å². The van der Waals surface area contributed by atoms with Crippen LogP contribution in [0.15, 0.2) is 18.3 Å². The van der Waals surface area contributed by atoms with Crippen LogP contribution in [0, 0.1) is 6.92 Å². The first-order valence-electron chi connectivity index (χ1n) is 7.91. The maximum absolute atomic E-state index is 14.0. The average molecular weight is 339 g/mol. The zero-order chi connectivity index (χ0) is 17.3. The van der Waals surface area contributed by atoms with E-state index in [1.54, 1.807) is 19.1 Å². The second-order valence-corrected chi connectivity index (χ2v) is 6.29. The van der Waals surface area contributed by atoms with E-state index < -0.39 is 31.0 Å². The van der Waals surface area contributed by atoms with E-state index in [-0.39, 0.29) is 18.2 Å². The van der Waals surface area contributed by atoms with E-state index in [1.807, 2.05) is 0 Å². The van der Waals surface area contributed by atoms with Gasteiger partial charge in [-0.25, -0.2) is 13.6 Å². The number of carbonyl (C=O) groups is 2. The second kappa shape index (κ2) is 6.33. The average Bonchev–Trinajstić information content (AvgIpc) is 2.94. The molecule has 1 aromatic heterocycles. The summed E-state index contributed by atoms with van der Waals surface area (Å²) in [6.45, 7) is 1.60. The normalized spacial score (nSPS) is 23.5. The Labute approximate surface area is 138 Å². The molecule has 0 radical (unpaired) electrons. The van der Waals surface area contributed by atoms with Crippen molar-refractivity contribution in [1.29, 1.82) is 0 Å². The number of piperidine rings is 1. The monoisotopic (exact) mass is 339 g/mol. The molecule has 0 spiro atoms. The van der Waals surface area contributed by atoms with Crippen molar-refractivity contribution in [2.45, 2.75) is 38.2 Å². The first-order valence-corrected chi connectivity index (χ1v) is 7.91. The lowest BCUT2D eigenvalue weighted by molar-refractivity contribution is -0.135. The fourth-order valence-corrected chi connectivity index (χ4v) is 3.15. The van der Waals surface area contributed by atoms with Crippen molar-refractivity contribution in [3.63, 3.8) is 0 Å². The molecule has 2 saturated heterocycles. The van der Waals surface area contributed by atoms with Gasteiger partial charge in [-0.15, -0.1) is 0 Å². The number of hydrogen-bond donors (Lipinski definition) is 0. The summed E-state index contributed by atoms with van der Waals surface area (Å²) in [6, 6.07) is 2.55. The SMILES string of the molecule is Cc1ccc(OC(=O)N2CC(N3CCCC3=O)CC(F)(F)C2)cn1. The maximum atomic E-state index is 14.0. The predicted molar refractivity (Wildman–Crippen MR) is 80.9 cm³/mol. The molecule has 3 rings (SSSR count). The van der Waals surface area contributed by atoms with Crippen molar-refractivity contribution in [3.8, 4) is 5.75 Å². The lowest BCUT2D eigenvalue weighted by atomic mass is 10.0. The van der Waals surface area contributed by atoms with Gasteiger partial charge in [0.15, 0.2) is 5.75 Å². The molecule has 6 nitrogen and oxygen atoms in total. The van der Waals surface area contributed by atoms with Crippen molar-refractivity contribution >= 4 is 12.0 Å². The van der Waals surface area contributed by atoms with Gasteiger partial charge in [-0.1, -0.05) is 0 Å². The Kier molecular flexibility index (Phi) is 4.38. The Morgan fingerprint density at radius 2 is 2.21 bits per heavy atom. The predicted octanol–water partition coefficient (Wildman–Crippen LogP) is 2.22. The van der Waals surface area contributed by atoms with Crippen LogP contribution in [0.1, 0.15) is 25.0 Å². The third kappa shape index (κ3) is 3.63. The summed E-state index contributed by atoms with van der Waals surface area (Å²) in [5.74, 6) is -2.97. The van der Waals surface area contributed by atoms with Gasteiger partial charge < -0.3 is 9.64 Å². The molecular weight excluding hydrogens is 320 g/mol. The zero-order valence-electron chi connectivity index (χ0n) is 13.4. The number of likely N-dealkylation sites (tertiary alicyclic amines) is 2. The molecule has 3 heterocycles. The van der Waals surface area contributed by atoms with Crippen molar-refractivity contribution in [1.82, 2.24) is 14.8 Å². The molecule has 8 heteroatoms. The standard InChI is InChI=1S/C16H19F2N3O3/c1-11-4-5-13(8-19-11)24-15(23)20-9-12(7-16(17,18)10-20)21-6-2-3-14(21)22/h4-5,8,12H,2-3,6-7,9-10H2,1H3. The van der Waals surface area contributed by atoms with Gasteiger partial charge in [-0.2, -0.15) is 0 Å². The fraction of sp³-hybridized carbons (Fsp3) is 0.562. The number of alkyl halides is 2. The number of amides is 2. The molecule has 2 aliphatic rings. The molecule has 130 valence electrons. The fourth-order valence-electron chi connectivity index (χ4n) is 3.15. The molecule has 2 aliphatic heterocycles. The van der Waals surface area contributed by atoms with Crippen molar-refractivity contribution in [2.75, 3.05) is 19.6 Å². The molecule has 0 bridgehead atoms. The summed E-state index contributed by atoms with van der Waals surface area (Å²) >= 11 is 0. The quantitative estimate of drug-likeness (QED) is 0.829. The van der Waals surface area contributed by atoms with Gasteiger partial charge in [0.25, 0.3) is 5.92 Å². The number of aromatic nitrogens is 1. The number of halogens is 2. The van der Waals surface area contributed by atoms with Gasteiger partial charge in [-0.3, -0.25) is 14.7 Å². The number of rotatable bonds is 2. The first-order chi connectivity index (χ1) is 11.3. The van der Waals surface area contributed by atoms with Crippen LogP contribution in [-0.2, 0) is 4.79 Å². The van der Waals surface area contributed by atoms with Crippen molar-refractivity contribution in [2.24, 2.45) is 0 Å². The highest BCUT2D eigenvalue weighted by atomic mass is 19.3. The molecule has 1 atom stereocenters. The number of pyridine rings is 1. The zero-order valence-corrected chi connectivity index (χ0v) is 13.4.